The van der Waals surface area contributed by atoms with E-state index in [-0.39, 0.29) is 36.7 Å². The maximum absolute atomic E-state index is 15.0. The van der Waals surface area contributed by atoms with E-state index in [0.29, 0.717) is 48.6 Å². The number of carbonyl (C=O) groups is 2. The number of alkyl carbamates (subject to hydrolysis) is 1. The zero-order valence-corrected chi connectivity index (χ0v) is 27.9. The molecule has 3 aliphatic heterocycles. The zero-order valence-electron chi connectivity index (χ0n) is 27.9. The van der Waals surface area contributed by atoms with E-state index in [2.05, 4.69) is 25.4 Å². The minimum absolute atomic E-state index is 0.00192. The summed E-state index contributed by atoms with van der Waals surface area (Å²) in [5, 5.41) is 6.95. The van der Waals surface area contributed by atoms with Gasteiger partial charge in [0.1, 0.15) is 23.3 Å². The molecule has 3 aliphatic rings. The van der Waals surface area contributed by atoms with Crippen LogP contribution >= 0.6 is 0 Å². The van der Waals surface area contributed by atoms with Crippen molar-refractivity contribution in [1.82, 2.24) is 30.3 Å². The summed E-state index contributed by atoms with van der Waals surface area (Å²) in [6, 6.07) is 2.23. The molecule has 3 fully saturated rings. The molecule has 13 nitrogen and oxygen atoms in total. The number of nitrogens with one attached hydrogen (secondary N) is 1. The van der Waals surface area contributed by atoms with Crippen LogP contribution in [0.25, 0.3) is 0 Å². The van der Waals surface area contributed by atoms with Crippen LogP contribution in [-0.4, -0.2) is 94.5 Å². The van der Waals surface area contributed by atoms with Gasteiger partial charge in [-0.1, -0.05) is 5.16 Å². The first-order valence-electron chi connectivity index (χ1n) is 16.4. The fraction of sp³-hybridized carbons (Fsp3) is 0.576. The van der Waals surface area contributed by atoms with Crippen LogP contribution in [0.3, 0.4) is 0 Å². The Balaban J connectivity index is 1.09. The first-order valence-corrected chi connectivity index (χ1v) is 16.4. The van der Waals surface area contributed by atoms with Gasteiger partial charge < -0.3 is 34.0 Å². The number of aryl methyl sites for hydroxylation is 1. The highest BCUT2D eigenvalue weighted by atomic mass is 19.1. The maximum atomic E-state index is 15.0. The zero-order chi connectivity index (χ0) is 34.2. The largest absolute Gasteiger partial charge is 0.444 e. The number of halogens is 2. The normalized spacial score (nSPS) is 21.9. The topological polar surface area (TPSA) is 139 Å². The highest BCUT2D eigenvalue weighted by Gasteiger charge is 2.39. The number of nitrogens with zero attached hydrogens (tertiary/aromatic N) is 7. The fourth-order valence-corrected chi connectivity index (χ4v) is 6.53. The van der Waals surface area contributed by atoms with Gasteiger partial charge in [0.25, 0.3) is 5.91 Å². The molecule has 3 atom stereocenters. The van der Waals surface area contributed by atoms with E-state index in [1.807, 2.05) is 4.90 Å². The third-order valence-electron chi connectivity index (χ3n) is 9.12. The van der Waals surface area contributed by atoms with E-state index in [0.717, 1.165) is 31.7 Å². The highest BCUT2D eigenvalue weighted by Crippen LogP contribution is 2.33. The molecule has 2 aromatic heterocycles. The van der Waals surface area contributed by atoms with Crippen LogP contribution in [-0.2, 0) is 9.47 Å². The number of rotatable bonds is 7. The molecule has 5 heterocycles. The summed E-state index contributed by atoms with van der Waals surface area (Å²) >= 11 is 0. The maximum Gasteiger partial charge on any atom is 0.407 e. The Morgan fingerprint density at radius 3 is 2.44 bits per heavy atom. The molecular weight excluding hydrogens is 626 g/mol. The smallest absolute Gasteiger partial charge is 0.407 e. The number of piperidine rings is 1. The predicted octanol–water partition coefficient (Wildman–Crippen LogP) is 4.54. The summed E-state index contributed by atoms with van der Waals surface area (Å²) in [5.74, 6) is -1.17. The van der Waals surface area contributed by atoms with Gasteiger partial charge in [-0.15, -0.1) is 0 Å². The summed E-state index contributed by atoms with van der Waals surface area (Å²) in [5.41, 5.74) is 0.182. The minimum atomic E-state index is -0.728. The number of ether oxygens (including phenoxy) is 2. The van der Waals surface area contributed by atoms with Crippen molar-refractivity contribution in [3.05, 3.63) is 58.7 Å². The number of anilines is 2. The van der Waals surface area contributed by atoms with Crippen LogP contribution in [0.2, 0.25) is 0 Å². The standard InChI is InChI=1S/C33H42F2N8O5/c1-19-13-22(25(35)14-24(19)34)23-17-43(18-26(23)38-32(45)47-33(2,3)4)30-36-15-20(16-37-30)29(44)41(5)21-8-10-42(11-9-21)31-39-28(40-48-31)27-7-6-12-46-27/h13-16,21,23,26-27H,6-12,17-18H2,1-5H3,(H,38,45)/t23-,26+,27+/m1/s1. The number of amides is 2. The molecule has 0 radical (unpaired) electrons. The quantitative estimate of drug-likeness (QED) is 0.380. The first-order chi connectivity index (χ1) is 22.9. The fourth-order valence-electron chi connectivity index (χ4n) is 6.53. The second-order valence-corrected chi connectivity index (χ2v) is 13.7. The molecule has 3 saturated heterocycles. The Morgan fingerprint density at radius 1 is 1.04 bits per heavy atom. The van der Waals surface area contributed by atoms with Crippen molar-refractivity contribution in [2.75, 3.05) is 49.6 Å². The Labute approximate surface area is 278 Å². The molecule has 258 valence electrons. The van der Waals surface area contributed by atoms with Gasteiger partial charge in [0.05, 0.1) is 11.6 Å². The van der Waals surface area contributed by atoms with Crippen molar-refractivity contribution in [1.29, 1.82) is 0 Å². The molecule has 1 aromatic carbocycles. The first kappa shape index (κ1) is 33.5. The lowest BCUT2D eigenvalue weighted by molar-refractivity contribution is 0.0504. The van der Waals surface area contributed by atoms with E-state index >= 15 is 4.39 Å². The number of aromatic nitrogens is 4. The lowest BCUT2D eigenvalue weighted by Crippen LogP contribution is -2.45. The van der Waals surface area contributed by atoms with Crippen molar-refractivity contribution in [2.24, 2.45) is 0 Å². The molecule has 0 spiro atoms. The predicted molar refractivity (Wildman–Crippen MR) is 171 cm³/mol. The van der Waals surface area contributed by atoms with Crippen molar-refractivity contribution in [2.45, 2.75) is 83.1 Å². The van der Waals surface area contributed by atoms with Crippen LogP contribution in [0.15, 0.2) is 29.0 Å². The summed E-state index contributed by atoms with van der Waals surface area (Å²) in [4.78, 5) is 45.2. The van der Waals surface area contributed by atoms with E-state index in [9.17, 15) is 14.0 Å². The lowest BCUT2D eigenvalue weighted by atomic mass is 9.92. The van der Waals surface area contributed by atoms with Gasteiger partial charge in [-0.05, 0) is 70.6 Å². The van der Waals surface area contributed by atoms with Crippen molar-refractivity contribution < 1.29 is 32.4 Å². The molecule has 1 N–H and O–H groups in total. The highest BCUT2D eigenvalue weighted by molar-refractivity contribution is 5.93. The molecule has 3 aromatic rings. The van der Waals surface area contributed by atoms with Gasteiger partial charge in [-0.2, -0.15) is 4.98 Å². The molecule has 0 aliphatic carbocycles. The van der Waals surface area contributed by atoms with E-state index in [4.69, 9.17) is 14.0 Å². The number of hydrogen-bond acceptors (Lipinski definition) is 11. The molecule has 0 unspecified atom stereocenters. The van der Waals surface area contributed by atoms with Crippen LogP contribution in [0, 0.1) is 18.6 Å². The van der Waals surface area contributed by atoms with Gasteiger partial charge in [-0.3, -0.25) is 4.79 Å². The van der Waals surface area contributed by atoms with Crippen molar-refractivity contribution in [3.63, 3.8) is 0 Å². The lowest BCUT2D eigenvalue weighted by Gasteiger charge is -2.35. The molecular formula is C33H42F2N8O5. The SMILES string of the molecule is Cc1cc([C@H]2CN(c3ncc(C(=O)N(C)C4CCN(c5nc([C@@H]6CCCO6)no5)CC4)cn3)C[C@@H]2NC(=O)OC(C)(C)C)c(F)cc1F. The van der Waals surface area contributed by atoms with Gasteiger partial charge in [-0.25, -0.2) is 23.5 Å². The van der Waals surface area contributed by atoms with Gasteiger partial charge in [0, 0.05) is 70.3 Å². The van der Waals surface area contributed by atoms with Crippen molar-refractivity contribution >= 4 is 24.0 Å². The van der Waals surface area contributed by atoms with Gasteiger partial charge in [0.2, 0.25) is 11.8 Å². The third-order valence-corrected chi connectivity index (χ3v) is 9.12. The average Bonchev–Trinajstić information content (AvgIpc) is 3.83. The average molecular weight is 669 g/mol. The second kappa shape index (κ2) is 13.6. The van der Waals surface area contributed by atoms with Gasteiger partial charge >= 0.3 is 12.1 Å². The van der Waals surface area contributed by atoms with E-state index < -0.39 is 35.3 Å². The summed E-state index contributed by atoms with van der Waals surface area (Å²) in [6.45, 7) is 9.36. The molecule has 0 bridgehead atoms. The molecule has 0 saturated carbocycles. The molecule has 2 amide bonds. The Kier molecular flexibility index (Phi) is 9.50. The molecule has 15 heteroatoms. The summed E-state index contributed by atoms with van der Waals surface area (Å²) < 4.78 is 45.7. The van der Waals surface area contributed by atoms with E-state index in [1.165, 1.54) is 18.5 Å². The molecule has 48 heavy (non-hydrogen) atoms. The Morgan fingerprint density at radius 2 is 1.77 bits per heavy atom. The van der Waals surface area contributed by atoms with Crippen LogP contribution in [0.5, 0.6) is 0 Å². The van der Waals surface area contributed by atoms with Crippen LogP contribution in [0.4, 0.5) is 25.5 Å². The van der Waals surface area contributed by atoms with Gasteiger partial charge in [0.15, 0.2) is 0 Å². The third kappa shape index (κ3) is 7.35. The minimum Gasteiger partial charge on any atom is -0.444 e. The number of benzene rings is 1. The van der Waals surface area contributed by atoms with E-state index in [1.54, 1.807) is 44.5 Å². The number of hydrogen-bond donors (Lipinski definition) is 1. The monoisotopic (exact) mass is 668 g/mol. The Bertz CT molecular complexity index is 1620. The molecule has 6 rings (SSSR count). The Hall–Kier alpha value is -4.40. The van der Waals surface area contributed by atoms with Crippen molar-refractivity contribution in [3.8, 4) is 0 Å². The number of carbonyl (C=O) groups excluding carboxylic acids is 2. The second-order valence-electron chi connectivity index (χ2n) is 13.7. The summed E-state index contributed by atoms with van der Waals surface area (Å²) in [6.07, 6.45) is 5.52. The summed E-state index contributed by atoms with van der Waals surface area (Å²) in [7, 11) is 1.77. The van der Waals surface area contributed by atoms with Crippen LogP contribution < -0.4 is 15.1 Å². The van der Waals surface area contributed by atoms with Crippen LogP contribution in [0.1, 0.15) is 85.8 Å².